The van der Waals surface area contributed by atoms with Crippen LogP contribution >= 0.6 is 0 Å². The fraction of sp³-hybridized carbons (Fsp3) is 0.392. The number of ether oxygens (including phenoxy) is 3. The van der Waals surface area contributed by atoms with Crippen LogP contribution in [0.4, 0.5) is 9.18 Å². The number of alkyl carbamates (subject to hydrolysis) is 1. The number of cyclic esters (lactones) is 1. The monoisotopic (exact) mass is 928 g/mol. The fourth-order valence-electron chi connectivity index (χ4n) is 9.62. The number of carbonyl (C=O) groups excluding carboxylic acids is 5. The van der Waals surface area contributed by atoms with Crippen LogP contribution in [0, 0.1) is 24.6 Å². The Balaban J connectivity index is 0.824. The van der Waals surface area contributed by atoms with Gasteiger partial charge in [0.25, 0.3) is 5.56 Å². The smallest absolute Gasteiger partial charge is 0.407 e. The van der Waals surface area contributed by atoms with Crippen LogP contribution in [0.5, 0.6) is 0 Å². The summed E-state index contributed by atoms with van der Waals surface area (Å²) in [4.78, 5) is 85.1. The van der Waals surface area contributed by atoms with E-state index >= 15 is 4.39 Å². The number of nitrogens with zero attached hydrogens (tertiary/aromatic N) is 2. The minimum atomic E-state index is -2.03. The number of esters is 1. The number of pyridine rings is 2. The van der Waals surface area contributed by atoms with Crippen LogP contribution in [0.15, 0.2) is 71.5 Å². The molecule has 4 aliphatic rings. The highest BCUT2D eigenvalue weighted by molar-refractivity contribution is 5.92. The van der Waals surface area contributed by atoms with Crippen molar-refractivity contribution in [3.63, 3.8) is 0 Å². The predicted molar refractivity (Wildman–Crippen MR) is 246 cm³/mol. The topological polar surface area (TPSA) is 216 Å². The van der Waals surface area contributed by atoms with Crippen molar-refractivity contribution in [2.45, 2.75) is 103 Å². The number of aryl methyl sites for hydroxylation is 1. The second-order valence-corrected chi connectivity index (χ2v) is 18.4. The zero-order valence-electron chi connectivity index (χ0n) is 38.4. The molecule has 17 heteroatoms. The molecule has 0 unspecified atom stereocenters. The Kier molecular flexibility index (Phi) is 12.4. The molecule has 0 radical (unpaired) electrons. The Morgan fingerprint density at radius 3 is 2.28 bits per heavy atom. The molecule has 3 aromatic carbocycles. The van der Waals surface area contributed by atoms with Gasteiger partial charge in [0.1, 0.15) is 43.9 Å². The standard InChI is InChI=1S/C51H53FN6O10/c1-6-51(65)38-18-41-43-35(21-58(41)48(62)37(38)23-66-49(51)63)34(33-17-26(4)39(52)19-40(33)56-43)20-53-47(61)44(28-15-16-28)68-24-54-45(59)27(5)55-46(60)42(25(2)3)57-50(64)67-22-36-31-13-9-7-11-29(31)30-12-8-10-14-32(30)36/h7-14,17-19,25,27-28,36,42,44,65H,6,15-16,20-24H2,1-5H3,(H,53,61)(H,54,59)(H,55,60)(H,57,64)/t27-,42-,44+,51-/m0/s1. The van der Waals surface area contributed by atoms with E-state index in [1.54, 1.807) is 39.8 Å². The molecule has 0 spiro atoms. The number of carbonyl (C=O) groups is 5. The van der Waals surface area contributed by atoms with Crippen LogP contribution in [0.1, 0.15) is 91.8 Å². The van der Waals surface area contributed by atoms with E-state index in [-0.39, 0.29) is 73.9 Å². The average molecular weight is 929 g/mol. The first kappa shape index (κ1) is 46.1. The van der Waals surface area contributed by atoms with Crippen molar-refractivity contribution in [3.8, 4) is 22.5 Å². The lowest BCUT2D eigenvalue weighted by atomic mass is 9.86. The SMILES string of the molecule is CC[C@@]1(O)C(=O)OCc2c1cc1n(c2=O)Cc2c-1nc1cc(F)c(C)cc1c2CNC(=O)[C@H](OCNC(=O)[C@H](C)NC(=O)[C@@H](NC(=O)OCC1c2ccccc2-c2ccccc21)C(C)C)C1CC1. The number of aromatic nitrogens is 2. The molecule has 5 aromatic rings. The largest absolute Gasteiger partial charge is 0.458 e. The molecule has 4 heterocycles. The van der Waals surface area contributed by atoms with Gasteiger partial charge in [0.05, 0.1) is 29.0 Å². The minimum absolute atomic E-state index is 0.0328. The van der Waals surface area contributed by atoms with Gasteiger partial charge in [0.15, 0.2) is 5.60 Å². The van der Waals surface area contributed by atoms with E-state index in [4.69, 9.17) is 19.2 Å². The van der Waals surface area contributed by atoms with Gasteiger partial charge in [0, 0.05) is 35.0 Å². The van der Waals surface area contributed by atoms with Crippen molar-refractivity contribution in [3.05, 3.63) is 122 Å². The van der Waals surface area contributed by atoms with Crippen LogP contribution < -0.4 is 26.8 Å². The normalized spacial score (nSPS) is 18.0. The summed E-state index contributed by atoms with van der Waals surface area (Å²) < 4.78 is 33.4. The molecule has 4 amide bonds. The first-order chi connectivity index (χ1) is 32.6. The van der Waals surface area contributed by atoms with E-state index in [2.05, 4.69) is 21.3 Å². The van der Waals surface area contributed by atoms with E-state index < -0.39 is 64.9 Å². The Bertz CT molecular complexity index is 2920. The summed E-state index contributed by atoms with van der Waals surface area (Å²) in [5, 5.41) is 22.8. The number of hydrogen-bond donors (Lipinski definition) is 5. The van der Waals surface area contributed by atoms with Gasteiger partial charge in [-0.15, -0.1) is 0 Å². The third kappa shape index (κ3) is 8.38. The van der Waals surface area contributed by atoms with Gasteiger partial charge in [-0.05, 0) is 90.5 Å². The van der Waals surface area contributed by atoms with Crippen LogP contribution in [0.3, 0.4) is 0 Å². The Labute approximate surface area is 391 Å². The van der Waals surface area contributed by atoms with Crippen LogP contribution in [0.25, 0.3) is 33.4 Å². The maximum absolute atomic E-state index is 15.0. The molecule has 2 aliphatic carbocycles. The number of benzene rings is 3. The molecule has 0 bridgehead atoms. The summed E-state index contributed by atoms with van der Waals surface area (Å²) in [7, 11) is 0. The van der Waals surface area contributed by atoms with Gasteiger partial charge in [-0.2, -0.15) is 0 Å². The third-order valence-corrected chi connectivity index (χ3v) is 13.7. The lowest BCUT2D eigenvalue weighted by Gasteiger charge is -2.31. The summed E-state index contributed by atoms with van der Waals surface area (Å²) in [6, 6.07) is 18.4. The lowest BCUT2D eigenvalue weighted by Crippen LogP contribution is -2.55. The number of rotatable bonds is 15. The molecule has 354 valence electrons. The van der Waals surface area contributed by atoms with Gasteiger partial charge in [0.2, 0.25) is 17.7 Å². The van der Waals surface area contributed by atoms with Gasteiger partial charge in [-0.25, -0.2) is 19.0 Å². The Morgan fingerprint density at radius 2 is 1.62 bits per heavy atom. The number of hydrogen-bond acceptors (Lipinski definition) is 11. The van der Waals surface area contributed by atoms with Gasteiger partial charge < -0.3 is 45.2 Å². The highest BCUT2D eigenvalue weighted by Crippen LogP contribution is 2.45. The molecule has 4 atom stereocenters. The lowest BCUT2D eigenvalue weighted by molar-refractivity contribution is -0.172. The first-order valence-corrected chi connectivity index (χ1v) is 23.0. The van der Waals surface area contributed by atoms with Crippen LogP contribution in [-0.4, -0.2) is 76.0 Å². The molecule has 0 saturated heterocycles. The quantitative estimate of drug-likeness (QED) is 0.0676. The van der Waals surface area contributed by atoms with Gasteiger partial charge in [-0.3, -0.25) is 19.2 Å². The number of amides is 4. The van der Waals surface area contributed by atoms with Crippen molar-refractivity contribution in [1.82, 2.24) is 30.8 Å². The van der Waals surface area contributed by atoms with E-state index in [1.807, 2.05) is 48.5 Å². The van der Waals surface area contributed by atoms with Crippen molar-refractivity contribution in [2.75, 3.05) is 13.3 Å². The predicted octanol–water partition coefficient (Wildman–Crippen LogP) is 5.08. The summed E-state index contributed by atoms with van der Waals surface area (Å²) >= 11 is 0. The van der Waals surface area contributed by atoms with E-state index in [0.29, 0.717) is 33.5 Å². The fourth-order valence-corrected chi connectivity index (χ4v) is 9.62. The number of halogens is 1. The first-order valence-electron chi connectivity index (χ1n) is 23.0. The number of aliphatic hydroxyl groups is 1. The van der Waals surface area contributed by atoms with E-state index in [1.165, 1.54) is 17.6 Å². The van der Waals surface area contributed by atoms with E-state index in [9.17, 15) is 33.9 Å². The van der Waals surface area contributed by atoms with Crippen molar-refractivity contribution in [1.29, 1.82) is 0 Å². The number of nitrogens with one attached hydrogen (secondary N) is 4. The maximum Gasteiger partial charge on any atom is 0.407 e. The van der Waals surface area contributed by atoms with Crippen LogP contribution in [-0.2, 0) is 58.7 Å². The molecule has 1 saturated carbocycles. The molecule has 68 heavy (non-hydrogen) atoms. The second kappa shape index (κ2) is 18.3. The highest BCUT2D eigenvalue weighted by Gasteiger charge is 2.46. The third-order valence-electron chi connectivity index (χ3n) is 13.7. The van der Waals surface area contributed by atoms with Crippen molar-refractivity contribution >= 4 is 40.7 Å². The van der Waals surface area contributed by atoms with Gasteiger partial charge >= 0.3 is 12.1 Å². The average Bonchev–Trinajstić information content (AvgIpc) is 4.02. The van der Waals surface area contributed by atoms with E-state index in [0.717, 1.165) is 35.1 Å². The molecule has 2 aliphatic heterocycles. The van der Waals surface area contributed by atoms with Crippen LogP contribution in [0.2, 0.25) is 0 Å². The van der Waals surface area contributed by atoms with Gasteiger partial charge in [-0.1, -0.05) is 69.3 Å². The molecule has 2 aromatic heterocycles. The molecule has 9 rings (SSSR count). The summed E-state index contributed by atoms with van der Waals surface area (Å²) in [5.41, 5.74) is 4.63. The summed E-state index contributed by atoms with van der Waals surface area (Å²) in [6.45, 7) is 7.70. The summed E-state index contributed by atoms with van der Waals surface area (Å²) in [6.07, 6.45) is -0.300. The Hall–Kier alpha value is -6.98. The Morgan fingerprint density at radius 1 is 0.926 bits per heavy atom. The zero-order valence-corrected chi connectivity index (χ0v) is 38.4. The molecule has 16 nitrogen and oxygen atoms in total. The molecule has 5 N–H and O–H groups in total. The van der Waals surface area contributed by atoms with Crippen molar-refractivity contribution in [2.24, 2.45) is 11.8 Å². The van der Waals surface area contributed by atoms with Crippen molar-refractivity contribution < 1.29 is 47.7 Å². The highest BCUT2D eigenvalue weighted by atomic mass is 19.1. The molecule has 1 fully saturated rings. The zero-order chi connectivity index (χ0) is 48.2. The maximum atomic E-state index is 15.0. The second-order valence-electron chi connectivity index (χ2n) is 18.4. The minimum Gasteiger partial charge on any atom is -0.458 e. The molecular weight excluding hydrogens is 876 g/mol. The molecular formula is C51H53FN6O10. The number of fused-ring (bicyclic) bond motifs is 8. The summed E-state index contributed by atoms with van der Waals surface area (Å²) in [5.74, 6) is -3.59.